The maximum absolute atomic E-state index is 3.64. The van der Waals surface area contributed by atoms with Crippen LogP contribution in [0.4, 0.5) is 5.69 Å². The third-order valence-corrected chi connectivity index (χ3v) is 5.12. The zero-order valence-corrected chi connectivity index (χ0v) is 13.9. The molecule has 0 heterocycles. The van der Waals surface area contributed by atoms with Crippen molar-refractivity contribution < 1.29 is 0 Å². The molecule has 20 heavy (non-hydrogen) atoms. The zero-order valence-electron chi connectivity index (χ0n) is 11.5. The Morgan fingerprint density at radius 3 is 2.65 bits per heavy atom. The first kappa shape index (κ1) is 14.0. The molecule has 0 spiro atoms. The fourth-order valence-electron chi connectivity index (χ4n) is 2.72. The third kappa shape index (κ3) is 3.21. The normalized spacial score (nSPS) is 21.3. The van der Waals surface area contributed by atoms with Crippen LogP contribution in [0.1, 0.15) is 24.3 Å². The topological polar surface area (TPSA) is 12.0 Å². The third-order valence-electron chi connectivity index (χ3n) is 3.90. The fraction of sp³-hybridized carbons (Fsp3) is 0.294. The highest BCUT2D eigenvalue weighted by molar-refractivity contribution is 9.10. The Morgan fingerprint density at radius 1 is 1.10 bits per heavy atom. The van der Waals surface area contributed by atoms with E-state index in [1.807, 2.05) is 0 Å². The van der Waals surface area contributed by atoms with Gasteiger partial charge in [0.15, 0.2) is 0 Å². The molecule has 3 heteroatoms. The van der Waals surface area contributed by atoms with Crippen molar-refractivity contribution in [2.24, 2.45) is 0 Å². The van der Waals surface area contributed by atoms with Gasteiger partial charge in [0.1, 0.15) is 0 Å². The van der Waals surface area contributed by atoms with E-state index in [9.17, 15) is 0 Å². The Kier molecular flexibility index (Phi) is 4.37. The Balaban J connectivity index is 1.58. The monoisotopic (exact) mass is 347 g/mol. The second kappa shape index (κ2) is 6.23. The minimum atomic E-state index is 0.607. The van der Waals surface area contributed by atoms with Crippen molar-refractivity contribution in [2.45, 2.75) is 29.7 Å². The van der Waals surface area contributed by atoms with Crippen LogP contribution in [-0.2, 0) is 0 Å². The average Bonchev–Trinajstić information content (AvgIpc) is 2.42. The number of thioether (sulfide) groups is 1. The van der Waals surface area contributed by atoms with Crippen molar-refractivity contribution in [3.63, 3.8) is 0 Å². The number of halogens is 1. The van der Waals surface area contributed by atoms with Crippen LogP contribution in [0.15, 0.2) is 57.9 Å². The van der Waals surface area contributed by atoms with Crippen molar-refractivity contribution in [1.82, 2.24) is 0 Å². The van der Waals surface area contributed by atoms with Crippen molar-refractivity contribution >= 4 is 33.4 Å². The highest BCUT2D eigenvalue weighted by atomic mass is 79.9. The molecule has 2 aromatic rings. The summed E-state index contributed by atoms with van der Waals surface area (Å²) < 4.78 is 1.18. The van der Waals surface area contributed by atoms with Gasteiger partial charge in [0, 0.05) is 21.1 Å². The highest BCUT2D eigenvalue weighted by Crippen LogP contribution is 2.39. The molecule has 1 saturated carbocycles. The molecule has 0 radical (unpaired) electrons. The van der Waals surface area contributed by atoms with E-state index in [-0.39, 0.29) is 0 Å². The number of hydrogen-bond acceptors (Lipinski definition) is 2. The average molecular weight is 348 g/mol. The number of benzene rings is 2. The Bertz CT molecular complexity index is 593. The molecule has 1 N–H and O–H groups in total. The summed E-state index contributed by atoms with van der Waals surface area (Å²) in [5.74, 6) is 0.703. The van der Waals surface area contributed by atoms with E-state index in [1.165, 1.54) is 33.5 Å². The van der Waals surface area contributed by atoms with Crippen molar-refractivity contribution in [3.05, 3.63) is 58.6 Å². The van der Waals surface area contributed by atoms with Gasteiger partial charge >= 0.3 is 0 Å². The molecule has 0 atom stereocenters. The summed E-state index contributed by atoms with van der Waals surface area (Å²) in [7, 11) is 0. The van der Waals surface area contributed by atoms with Crippen LogP contribution in [0.25, 0.3) is 0 Å². The molecule has 1 nitrogen and oxygen atoms in total. The predicted octanol–water partition coefficient (Wildman–Crippen LogP) is 5.53. The molecule has 0 amide bonds. The fourth-order valence-corrected chi connectivity index (χ4v) is 3.59. The van der Waals surface area contributed by atoms with Crippen molar-refractivity contribution in [3.8, 4) is 0 Å². The molecule has 1 fully saturated rings. The Labute approximate surface area is 133 Å². The van der Waals surface area contributed by atoms with Crippen LogP contribution >= 0.6 is 27.7 Å². The van der Waals surface area contributed by atoms with Crippen LogP contribution in [0, 0.1) is 0 Å². The van der Waals surface area contributed by atoms with Gasteiger partial charge in [-0.3, -0.25) is 0 Å². The van der Waals surface area contributed by atoms with E-state index < -0.39 is 0 Å². The standard InChI is InChI=1S/C17H18BrNS/c1-20-17-7-3-6-15(11-17)19-16-9-13(10-16)12-4-2-5-14(18)8-12/h2-8,11,13,16,19H,9-10H2,1H3. The molecule has 3 rings (SSSR count). The van der Waals surface area contributed by atoms with Gasteiger partial charge in [-0.1, -0.05) is 34.1 Å². The molecule has 0 aliphatic heterocycles. The molecular weight excluding hydrogens is 330 g/mol. The van der Waals surface area contributed by atoms with Crippen LogP contribution < -0.4 is 5.32 Å². The van der Waals surface area contributed by atoms with Crippen molar-refractivity contribution in [2.75, 3.05) is 11.6 Å². The van der Waals surface area contributed by atoms with Gasteiger partial charge in [-0.15, -0.1) is 11.8 Å². The minimum Gasteiger partial charge on any atom is -0.382 e. The van der Waals surface area contributed by atoms with E-state index in [0.29, 0.717) is 12.0 Å². The first-order chi connectivity index (χ1) is 9.74. The summed E-state index contributed by atoms with van der Waals surface area (Å²) in [6, 6.07) is 18.0. The van der Waals surface area contributed by atoms with Gasteiger partial charge in [-0.05, 0) is 60.9 Å². The van der Waals surface area contributed by atoms with Gasteiger partial charge in [0.2, 0.25) is 0 Å². The van der Waals surface area contributed by atoms with Gasteiger partial charge < -0.3 is 5.32 Å². The SMILES string of the molecule is CSc1cccc(NC2CC(c3cccc(Br)c3)C2)c1. The summed E-state index contributed by atoms with van der Waals surface area (Å²) >= 11 is 5.34. The van der Waals surface area contributed by atoms with E-state index in [2.05, 4.69) is 76.0 Å². The van der Waals surface area contributed by atoms with Crippen LogP contribution in [-0.4, -0.2) is 12.3 Å². The molecule has 0 saturated heterocycles. The number of hydrogen-bond donors (Lipinski definition) is 1. The lowest BCUT2D eigenvalue weighted by Crippen LogP contribution is -2.33. The lowest BCUT2D eigenvalue weighted by atomic mass is 9.76. The molecule has 0 unspecified atom stereocenters. The summed E-state index contributed by atoms with van der Waals surface area (Å²) in [6.07, 6.45) is 4.56. The van der Waals surface area contributed by atoms with Crippen LogP contribution in [0.3, 0.4) is 0 Å². The Morgan fingerprint density at radius 2 is 1.90 bits per heavy atom. The van der Waals surface area contributed by atoms with Gasteiger partial charge in [0.25, 0.3) is 0 Å². The summed E-state index contributed by atoms with van der Waals surface area (Å²) in [4.78, 5) is 1.32. The van der Waals surface area contributed by atoms with Crippen LogP contribution in [0.2, 0.25) is 0 Å². The molecule has 1 aliphatic rings. The maximum atomic E-state index is 3.64. The predicted molar refractivity (Wildman–Crippen MR) is 91.8 cm³/mol. The summed E-state index contributed by atoms with van der Waals surface area (Å²) in [5.41, 5.74) is 2.70. The lowest BCUT2D eigenvalue weighted by Gasteiger charge is -2.37. The first-order valence-corrected chi connectivity index (χ1v) is 8.92. The summed E-state index contributed by atoms with van der Waals surface area (Å²) in [5, 5.41) is 3.64. The van der Waals surface area contributed by atoms with E-state index in [1.54, 1.807) is 11.8 Å². The van der Waals surface area contributed by atoms with Gasteiger partial charge in [-0.25, -0.2) is 0 Å². The maximum Gasteiger partial charge on any atom is 0.0353 e. The largest absolute Gasteiger partial charge is 0.382 e. The second-order valence-electron chi connectivity index (χ2n) is 5.30. The number of rotatable bonds is 4. The van der Waals surface area contributed by atoms with E-state index in [0.717, 1.165) is 0 Å². The molecular formula is C17H18BrNS. The highest BCUT2D eigenvalue weighted by Gasteiger charge is 2.30. The lowest BCUT2D eigenvalue weighted by molar-refractivity contribution is 0.374. The van der Waals surface area contributed by atoms with Gasteiger partial charge in [0.05, 0.1) is 0 Å². The molecule has 0 bridgehead atoms. The smallest absolute Gasteiger partial charge is 0.0353 e. The molecule has 1 aliphatic carbocycles. The number of anilines is 1. The quantitative estimate of drug-likeness (QED) is 0.729. The second-order valence-corrected chi connectivity index (χ2v) is 7.09. The van der Waals surface area contributed by atoms with Gasteiger partial charge in [-0.2, -0.15) is 0 Å². The Hall–Kier alpha value is -0.930. The zero-order chi connectivity index (χ0) is 13.9. The van der Waals surface area contributed by atoms with Crippen molar-refractivity contribution in [1.29, 1.82) is 0 Å². The molecule has 104 valence electrons. The molecule has 2 aromatic carbocycles. The van der Waals surface area contributed by atoms with E-state index in [4.69, 9.17) is 0 Å². The van der Waals surface area contributed by atoms with E-state index >= 15 is 0 Å². The molecule has 0 aromatic heterocycles. The summed E-state index contributed by atoms with van der Waals surface area (Å²) in [6.45, 7) is 0. The first-order valence-electron chi connectivity index (χ1n) is 6.90. The van der Waals surface area contributed by atoms with Crippen LogP contribution in [0.5, 0.6) is 0 Å². The number of nitrogens with one attached hydrogen (secondary N) is 1. The minimum absolute atomic E-state index is 0.607.